The molecule has 1 rings (SSSR count). The summed E-state index contributed by atoms with van der Waals surface area (Å²) < 4.78 is 50.2. The van der Waals surface area contributed by atoms with Crippen molar-refractivity contribution in [1.29, 1.82) is 0 Å². The molecule has 0 radical (unpaired) electrons. The third-order valence-electron chi connectivity index (χ3n) is 2.31. The Labute approximate surface area is 107 Å². The van der Waals surface area contributed by atoms with Gasteiger partial charge in [-0.1, -0.05) is 13.0 Å². The third-order valence-corrected chi connectivity index (χ3v) is 3.56. The van der Waals surface area contributed by atoms with Gasteiger partial charge in [-0.05, 0) is 29.9 Å². The molecular weight excluding hydrogens is 268 g/mol. The maximum Gasteiger partial charge on any atom is 0.419 e. The highest BCUT2D eigenvalue weighted by atomic mass is 32.2. The highest BCUT2D eigenvalue weighted by molar-refractivity contribution is 7.99. The van der Waals surface area contributed by atoms with Crippen LogP contribution in [0.2, 0.25) is 0 Å². The van der Waals surface area contributed by atoms with Crippen LogP contribution in [-0.2, 0) is 6.18 Å². The Morgan fingerprint density at radius 1 is 1.33 bits per heavy atom. The van der Waals surface area contributed by atoms with Gasteiger partial charge in [0.15, 0.2) is 0 Å². The molecule has 1 aromatic rings. The first-order valence-corrected chi connectivity index (χ1v) is 6.64. The lowest BCUT2D eigenvalue weighted by Crippen LogP contribution is -2.10. The molecule has 0 aliphatic heterocycles. The van der Waals surface area contributed by atoms with Crippen LogP contribution in [-0.4, -0.2) is 16.6 Å². The fraction of sp³-hybridized carbons (Fsp3) is 0.500. The van der Waals surface area contributed by atoms with Crippen molar-refractivity contribution in [3.8, 4) is 0 Å². The van der Waals surface area contributed by atoms with Crippen molar-refractivity contribution in [3.05, 3.63) is 35.1 Å². The Kier molecular flexibility index (Phi) is 5.47. The van der Waals surface area contributed by atoms with Crippen LogP contribution in [0.3, 0.4) is 0 Å². The molecule has 0 saturated heterocycles. The molecule has 0 fully saturated rings. The van der Waals surface area contributed by atoms with Crippen LogP contribution in [0.5, 0.6) is 0 Å². The molecule has 0 aliphatic carbocycles. The summed E-state index contributed by atoms with van der Waals surface area (Å²) in [4.78, 5) is 0. The largest absolute Gasteiger partial charge is 0.419 e. The fourth-order valence-electron chi connectivity index (χ4n) is 1.40. The van der Waals surface area contributed by atoms with Crippen LogP contribution in [0.25, 0.3) is 0 Å². The zero-order chi connectivity index (χ0) is 13.8. The standard InChI is InChI=1S/C12H14F4OS/c1-2-5-18-7-11(17)8-3-4-9(10(13)6-8)12(14,15)16/h3-4,6,11,17H,2,5,7H2,1H3. The minimum atomic E-state index is -4.70. The monoisotopic (exact) mass is 282 g/mol. The molecular formula is C12H14F4OS. The number of thioether (sulfide) groups is 1. The van der Waals surface area contributed by atoms with Gasteiger partial charge in [0.05, 0.1) is 11.7 Å². The van der Waals surface area contributed by atoms with Crippen LogP contribution >= 0.6 is 11.8 Å². The molecule has 6 heteroatoms. The Balaban J connectivity index is 2.78. The normalized spacial score (nSPS) is 13.7. The molecule has 1 unspecified atom stereocenters. The Morgan fingerprint density at radius 3 is 2.50 bits per heavy atom. The highest BCUT2D eigenvalue weighted by Crippen LogP contribution is 2.32. The van der Waals surface area contributed by atoms with E-state index in [1.807, 2.05) is 6.92 Å². The van der Waals surface area contributed by atoms with Gasteiger partial charge in [0, 0.05) is 5.75 Å². The Bertz CT molecular complexity index is 392. The quantitative estimate of drug-likeness (QED) is 0.650. The summed E-state index contributed by atoms with van der Waals surface area (Å²) in [6, 6.07) is 2.53. The zero-order valence-corrected chi connectivity index (χ0v) is 10.6. The summed E-state index contributed by atoms with van der Waals surface area (Å²) in [7, 11) is 0. The predicted molar refractivity (Wildman–Crippen MR) is 64.0 cm³/mol. The molecule has 0 heterocycles. The lowest BCUT2D eigenvalue weighted by atomic mass is 10.1. The summed E-state index contributed by atoms with van der Waals surface area (Å²) in [5.41, 5.74) is -1.14. The first-order chi connectivity index (χ1) is 8.36. The second kappa shape index (κ2) is 6.43. The van der Waals surface area contributed by atoms with E-state index in [1.54, 1.807) is 0 Å². The minimum Gasteiger partial charge on any atom is -0.388 e. The van der Waals surface area contributed by atoms with E-state index in [4.69, 9.17) is 0 Å². The highest BCUT2D eigenvalue weighted by Gasteiger charge is 2.34. The summed E-state index contributed by atoms with van der Waals surface area (Å²) >= 11 is 1.48. The lowest BCUT2D eigenvalue weighted by Gasteiger charge is -2.13. The van der Waals surface area contributed by atoms with Gasteiger partial charge < -0.3 is 5.11 Å². The predicted octanol–water partition coefficient (Wildman–Crippen LogP) is 4.02. The van der Waals surface area contributed by atoms with Gasteiger partial charge in [-0.15, -0.1) is 0 Å². The van der Waals surface area contributed by atoms with E-state index in [9.17, 15) is 22.7 Å². The van der Waals surface area contributed by atoms with Crippen molar-refractivity contribution in [2.45, 2.75) is 25.6 Å². The Morgan fingerprint density at radius 2 is 2.00 bits per heavy atom. The fourth-order valence-corrected chi connectivity index (χ4v) is 2.28. The number of aliphatic hydroxyl groups is 1. The van der Waals surface area contributed by atoms with Crippen molar-refractivity contribution >= 4 is 11.8 Å². The number of hydrogen-bond acceptors (Lipinski definition) is 2. The van der Waals surface area contributed by atoms with Gasteiger partial charge in [0.2, 0.25) is 0 Å². The van der Waals surface area contributed by atoms with Crippen molar-refractivity contribution in [2.75, 3.05) is 11.5 Å². The molecule has 0 bridgehead atoms. The number of alkyl halides is 3. The number of hydrogen-bond donors (Lipinski definition) is 1. The van der Waals surface area contributed by atoms with Crippen LogP contribution in [0.1, 0.15) is 30.6 Å². The van der Waals surface area contributed by atoms with Gasteiger partial charge in [0.1, 0.15) is 5.82 Å². The van der Waals surface area contributed by atoms with Gasteiger partial charge >= 0.3 is 6.18 Å². The average Bonchev–Trinajstić information content (AvgIpc) is 2.27. The zero-order valence-electron chi connectivity index (χ0n) is 9.80. The van der Waals surface area contributed by atoms with E-state index in [2.05, 4.69) is 0 Å². The van der Waals surface area contributed by atoms with Crippen molar-refractivity contribution < 1.29 is 22.7 Å². The third kappa shape index (κ3) is 4.17. The van der Waals surface area contributed by atoms with E-state index in [-0.39, 0.29) is 5.56 Å². The molecule has 0 spiro atoms. The van der Waals surface area contributed by atoms with Gasteiger partial charge in [-0.25, -0.2) is 4.39 Å². The van der Waals surface area contributed by atoms with E-state index in [0.717, 1.165) is 24.3 Å². The SMILES string of the molecule is CCCSCC(O)c1ccc(C(F)(F)F)c(F)c1. The second-order valence-corrected chi connectivity index (χ2v) is 4.98. The smallest absolute Gasteiger partial charge is 0.388 e. The number of rotatable bonds is 5. The summed E-state index contributed by atoms with van der Waals surface area (Å²) in [6.07, 6.45) is -4.71. The van der Waals surface area contributed by atoms with Crippen LogP contribution in [0, 0.1) is 5.82 Å². The van der Waals surface area contributed by atoms with Crippen LogP contribution in [0.4, 0.5) is 17.6 Å². The summed E-state index contributed by atoms with van der Waals surface area (Å²) in [5.74, 6) is -0.154. The number of benzene rings is 1. The van der Waals surface area contributed by atoms with Gasteiger partial charge in [0.25, 0.3) is 0 Å². The van der Waals surface area contributed by atoms with Gasteiger partial charge in [-0.2, -0.15) is 24.9 Å². The maximum atomic E-state index is 13.3. The molecule has 0 amide bonds. The number of halogens is 4. The minimum absolute atomic E-state index is 0.170. The molecule has 1 N–H and O–H groups in total. The lowest BCUT2D eigenvalue weighted by molar-refractivity contribution is -0.140. The molecule has 1 nitrogen and oxygen atoms in total. The maximum absolute atomic E-state index is 13.3. The Hall–Kier alpha value is -0.750. The molecule has 1 aromatic carbocycles. The summed E-state index contributed by atoms with van der Waals surface area (Å²) in [6.45, 7) is 1.98. The topological polar surface area (TPSA) is 20.2 Å². The summed E-state index contributed by atoms with van der Waals surface area (Å²) in [5, 5.41) is 9.70. The van der Waals surface area contributed by atoms with Crippen molar-refractivity contribution in [2.24, 2.45) is 0 Å². The number of aliphatic hydroxyl groups excluding tert-OH is 1. The van der Waals surface area contributed by atoms with Gasteiger partial charge in [-0.3, -0.25) is 0 Å². The first kappa shape index (κ1) is 15.3. The van der Waals surface area contributed by atoms with Crippen LogP contribution < -0.4 is 0 Å². The van der Waals surface area contributed by atoms with E-state index in [1.165, 1.54) is 11.8 Å². The second-order valence-electron chi connectivity index (χ2n) is 3.83. The van der Waals surface area contributed by atoms with E-state index >= 15 is 0 Å². The molecule has 0 saturated carbocycles. The van der Waals surface area contributed by atoms with E-state index in [0.29, 0.717) is 11.8 Å². The van der Waals surface area contributed by atoms with Crippen molar-refractivity contribution in [1.82, 2.24) is 0 Å². The molecule has 18 heavy (non-hydrogen) atoms. The molecule has 0 aromatic heterocycles. The first-order valence-electron chi connectivity index (χ1n) is 5.48. The molecule has 0 aliphatic rings. The van der Waals surface area contributed by atoms with E-state index < -0.39 is 23.7 Å². The van der Waals surface area contributed by atoms with Crippen LogP contribution in [0.15, 0.2) is 18.2 Å². The molecule has 1 atom stereocenters. The average molecular weight is 282 g/mol. The molecule has 102 valence electrons. The van der Waals surface area contributed by atoms with Crippen molar-refractivity contribution in [3.63, 3.8) is 0 Å².